The van der Waals surface area contributed by atoms with Crippen molar-refractivity contribution < 1.29 is 14.4 Å². The van der Waals surface area contributed by atoms with E-state index < -0.39 is 6.03 Å². The summed E-state index contributed by atoms with van der Waals surface area (Å²) in [6.07, 6.45) is 1.19. The summed E-state index contributed by atoms with van der Waals surface area (Å²) in [5, 5.41) is 21.2. The number of hydrogen-bond donors (Lipinski definition) is 3. The number of urea groups is 1. The second-order valence-corrected chi connectivity index (χ2v) is 7.37. The summed E-state index contributed by atoms with van der Waals surface area (Å²) in [4.78, 5) is 12.2. The summed E-state index contributed by atoms with van der Waals surface area (Å²) < 4.78 is 5.17. The molecule has 0 bridgehead atoms. The molecule has 0 radical (unpaired) electrons. The van der Waals surface area contributed by atoms with Crippen LogP contribution in [0, 0.1) is 6.92 Å². The van der Waals surface area contributed by atoms with Crippen molar-refractivity contribution in [2.24, 2.45) is 5.10 Å². The Kier molecular flexibility index (Phi) is 6.54. The Morgan fingerprint density at radius 1 is 1.17 bits per heavy atom. The van der Waals surface area contributed by atoms with Gasteiger partial charge in [-0.25, -0.2) is 10.2 Å². The van der Waals surface area contributed by atoms with Gasteiger partial charge in [-0.15, -0.1) is 0 Å². The molecule has 1 aromatic heterocycles. The number of phenols is 1. The van der Waals surface area contributed by atoms with Gasteiger partial charge in [0.25, 0.3) is 0 Å². The van der Waals surface area contributed by atoms with Gasteiger partial charge in [-0.05, 0) is 31.2 Å². The number of aryl methyl sites for hydroxylation is 1. The summed E-state index contributed by atoms with van der Waals surface area (Å²) in [5.41, 5.74) is 3.46. The van der Waals surface area contributed by atoms with Gasteiger partial charge >= 0.3 is 6.03 Å². The zero-order valence-electron chi connectivity index (χ0n) is 14.6. The predicted molar refractivity (Wildman–Crippen MR) is 115 cm³/mol. The van der Waals surface area contributed by atoms with Crippen molar-refractivity contribution in [3.8, 4) is 17.0 Å². The number of aromatic nitrogens is 1. The van der Waals surface area contributed by atoms with Crippen molar-refractivity contribution in [1.82, 2.24) is 10.6 Å². The molecular formula is C18H12Cl4N4O3. The maximum absolute atomic E-state index is 12.2. The molecule has 0 atom stereocenters. The van der Waals surface area contributed by atoms with Crippen molar-refractivity contribution in [3.05, 3.63) is 61.7 Å². The molecule has 29 heavy (non-hydrogen) atoms. The number of nitrogens with one attached hydrogen (secondary N) is 2. The van der Waals surface area contributed by atoms with E-state index in [0.29, 0.717) is 26.4 Å². The fourth-order valence-corrected chi connectivity index (χ4v) is 3.49. The first-order valence-corrected chi connectivity index (χ1v) is 9.48. The van der Waals surface area contributed by atoms with Crippen molar-refractivity contribution in [1.29, 1.82) is 0 Å². The van der Waals surface area contributed by atoms with Gasteiger partial charge in [0, 0.05) is 16.1 Å². The van der Waals surface area contributed by atoms with Crippen molar-refractivity contribution in [3.63, 3.8) is 0 Å². The third kappa shape index (κ3) is 4.76. The van der Waals surface area contributed by atoms with Crippen LogP contribution in [0.2, 0.25) is 20.1 Å². The first-order chi connectivity index (χ1) is 13.8. The lowest BCUT2D eigenvalue weighted by atomic mass is 10.1. The number of nitrogens with zero attached hydrogens (tertiary/aromatic N) is 2. The normalized spacial score (nSPS) is 11.1. The highest BCUT2D eigenvalue weighted by atomic mass is 35.5. The number of rotatable bonds is 4. The summed E-state index contributed by atoms with van der Waals surface area (Å²) >= 11 is 24.1. The van der Waals surface area contributed by atoms with Crippen LogP contribution in [0.5, 0.6) is 5.75 Å². The number of hydrazone groups is 1. The molecule has 0 saturated heterocycles. The van der Waals surface area contributed by atoms with E-state index in [-0.39, 0.29) is 27.7 Å². The predicted octanol–water partition coefficient (Wildman–Crippen LogP) is 6.12. The second kappa shape index (κ2) is 8.92. The average Bonchev–Trinajstić information content (AvgIpc) is 2.99. The first kappa shape index (κ1) is 21.3. The molecule has 0 aliphatic rings. The lowest BCUT2D eigenvalue weighted by Gasteiger charge is -2.08. The van der Waals surface area contributed by atoms with E-state index in [9.17, 15) is 9.90 Å². The van der Waals surface area contributed by atoms with Crippen LogP contribution in [0.4, 0.5) is 10.5 Å². The number of carbonyl (C=O) groups is 1. The van der Waals surface area contributed by atoms with Gasteiger partial charge in [0.05, 0.1) is 21.3 Å². The molecule has 150 valence electrons. The lowest BCUT2D eigenvalue weighted by molar-refractivity contribution is 0.252. The van der Waals surface area contributed by atoms with Crippen molar-refractivity contribution in [2.45, 2.75) is 6.92 Å². The highest BCUT2D eigenvalue weighted by Crippen LogP contribution is 2.39. The van der Waals surface area contributed by atoms with Gasteiger partial charge in [-0.2, -0.15) is 5.10 Å². The fourth-order valence-electron chi connectivity index (χ4n) is 2.40. The summed E-state index contributed by atoms with van der Waals surface area (Å²) in [5.74, 6) is 0.127. The number of phenolic OH excluding ortho intramolecular Hbond substituents is 1. The van der Waals surface area contributed by atoms with E-state index in [1.54, 1.807) is 25.1 Å². The van der Waals surface area contributed by atoms with Crippen LogP contribution in [0.3, 0.4) is 0 Å². The number of halogens is 4. The Hall–Kier alpha value is -2.45. The van der Waals surface area contributed by atoms with E-state index in [1.807, 2.05) is 0 Å². The zero-order chi connectivity index (χ0) is 21.1. The van der Waals surface area contributed by atoms with E-state index in [0.717, 1.165) is 0 Å². The van der Waals surface area contributed by atoms with Crippen LogP contribution in [-0.4, -0.2) is 22.5 Å². The molecule has 0 fully saturated rings. The quantitative estimate of drug-likeness (QED) is 0.313. The SMILES string of the molecule is Cc1onc(-c2c(Cl)cccc2Cl)c1NC(=O)N/N=C/c1cc(Cl)cc(Cl)c1O. The maximum atomic E-state index is 12.2. The molecule has 3 N–H and O–H groups in total. The standard InChI is InChI=1S/C18H12Cl4N4O3/c1-8-15(16(26-29-8)14-11(20)3-2-4-12(14)21)24-18(28)25-23-7-9-5-10(19)6-13(22)17(9)27/h2-7,27H,1H3,(H2,24,25,28)/b23-7+. The Balaban J connectivity index is 1.78. The summed E-state index contributed by atoms with van der Waals surface area (Å²) in [6, 6.07) is 7.10. The highest BCUT2D eigenvalue weighted by molar-refractivity contribution is 6.39. The van der Waals surface area contributed by atoms with Crippen LogP contribution in [0.15, 0.2) is 40.0 Å². The maximum Gasteiger partial charge on any atom is 0.339 e. The minimum absolute atomic E-state index is 0.0600. The van der Waals surface area contributed by atoms with Crippen LogP contribution >= 0.6 is 46.4 Å². The van der Waals surface area contributed by atoms with E-state index in [2.05, 4.69) is 21.0 Å². The van der Waals surface area contributed by atoms with E-state index >= 15 is 0 Å². The number of carbonyl (C=O) groups excluding carboxylic acids is 1. The zero-order valence-corrected chi connectivity index (χ0v) is 17.7. The first-order valence-electron chi connectivity index (χ1n) is 7.96. The molecule has 2 aromatic carbocycles. The monoisotopic (exact) mass is 472 g/mol. The number of amides is 2. The molecule has 0 aliphatic heterocycles. The number of anilines is 1. The van der Waals surface area contributed by atoms with E-state index in [4.69, 9.17) is 50.9 Å². The van der Waals surface area contributed by atoms with Gasteiger partial charge in [0.2, 0.25) is 0 Å². The van der Waals surface area contributed by atoms with Crippen LogP contribution in [0.1, 0.15) is 11.3 Å². The van der Waals surface area contributed by atoms with Crippen LogP contribution in [-0.2, 0) is 0 Å². The lowest BCUT2D eigenvalue weighted by Crippen LogP contribution is -2.24. The molecule has 3 aromatic rings. The molecule has 0 unspecified atom stereocenters. The Labute approximate surface area is 185 Å². The Morgan fingerprint density at radius 3 is 2.55 bits per heavy atom. The molecule has 0 spiro atoms. The van der Waals surface area contributed by atoms with Crippen LogP contribution in [0.25, 0.3) is 11.3 Å². The minimum atomic E-state index is -0.690. The molecule has 2 amide bonds. The van der Waals surface area contributed by atoms with Gasteiger partial charge in [0.15, 0.2) is 5.76 Å². The van der Waals surface area contributed by atoms with E-state index in [1.165, 1.54) is 18.3 Å². The van der Waals surface area contributed by atoms with Gasteiger partial charge in [0.1, 0.15) is 17.1 Å². The van der Waals surface area contributed by atoms with Gasteiger partial charge in [-0.3, -0.25) is 0 Å². The molecule has 7 nitrogen and oxygen atoms in total. The number of aromatic hydroxyl groups is 1. The summed E-state index contributed by atoms with van der Waals surface area (Å²) in [6.45, 7) is 1.62. The second-order valence-electron chi connectivity index (χ2n) is 5.71. The largest absolute Gasteiger partial charge is 0.506 e. The molecule has 3 rings (SSSR count). The van der Waals surface area contributed by atoms with Crippen LogP contribution < -0.4 is 10.7 Å². The average molecular weight is 474 g/mol. The van der Waals surface area contributed by atoms with Gasteiger partial charge in [-0.1, -0.05) is 57.6 Å². The molecule has 1 heterocycles. The highest BCUT2D eigenvalue weighted by Gasteiger charge is 2.21. The van der Waals surface area contributed by atoms with Gasteiger partial charge < -0.3 is 14.9 Å². The third-order valence-corrected chi connectivity index (χ3v) is 4.86. The third-order valence-electron chi connectivity index (χ3n) is 3.73. The number of hydrogen-bond acceptors (Lipinski definition) is 5. The topological polar surface area (TPSA) is 99.8 Å². The van der Waals surface area contributed by atoms with Crippen molar-refractivity contribution >= 4 is 64.3 Å². The molecular weight excluding hydrogens is 462 g/mol. The Bertz CT molecular complexity index is 1090. The fraction of sp³-hybridized carbons (Fsp3) is 0.0556. The van der Waals surface area contributed by atoms with Crippen molar-refractivity contribution in [2.75, 3.05) is 5.32 Å². The molecule has 0 aliphatic carbocycles. The molecule has 11 heteroatoms. The summed E-state index contributed by atoms with van der Waals surface area (Å²) in [7, 11) is 0. The smallest absolute Gasteiger partial charge is 0.339 e. The Morgan fingerprint density at radius 2 is 1.86 bits per heavy atom. The number of benzene rings is 2. The minimum Gasteiger partial charge on any atom is -0.506 e. The molecule has 0 saturated carbocycles.